The molecule has 0 unspecified atom stereocenters. The summed E-state index contributed by atoms with van der Waals surface area (Å²) in [7, 11) is 0. The number of aromatic nitrogens is 5. The van der Waals surface area contributed by atoms with E-state index in [2.05, 4.69) is 20.5 Å². The highest BCUT2D eigenvalue weighted by molar-refractivity contribution is 5.51. The van der Waals surface area contributed by atoms with E-state index >= 15 is 0 Å². The fourth-order valence-corrected chi connectivity index (χ4v) is 2.55. The first kappa shape index (κ1) is 15.2. The quantitative estimate of drug-likeness (QED) is 0.572. The average molecular weight is 335 g/mol. The molecule has 0 saturated carbocycles. The van der Waals surface area contributed by atoms with Crippen molar-refractivity contribution in [3.8, 4) is 17.3 Å². The monoisotopic (exact) mass is 335 g/mol. The van der Waals surface area contributed by atoms with Crippen LogP contribution in [0.15, 0.2) is 59.0 Å². The highest BCUT2D eigenvalue weighted by Crippen LogP contribution is 2.22. The van der Waals surface area contributed by atoms with Crippen molar-refractivity contribution in [2.24, 2.45) is 0 Å². The Balaban J connectivity index is 1.62. The maximum absolute atomic E-state index is 13.1. The van der Waals surface area contributed by atoms with E-state index in [9.17, 15) is 4.39 Å². The number of benzene rings is 2. The minimum atomic E-state index is -0.302. The van der Waals surface area contributed by atoms with E-state index in [1.165, 1.54) is 12.1 Å². The van der Waals surface area contributed by atoms with Crippen molar-refractivity contribution in [3.63, 3.8) is 0 Å². The molecule has 0 aliphatic carbocycles. The van der Waals surface area contributed by atoms with Crippen molar-refractivity contribution in [3.05, 3.63) is 77.6 Å². The van der Waals surface area contributed by atoms with E-state index in [1.54, 1.807) is 16.8 Å². The summed E-state index contributed by atoms with van der Waals surface area (Å²) in [5.41, 5.74) is 3.05. The molecule has 25 heavy (non-hydrogen) atoms. The Morgan fingerprint density at radius 1 is 0.960 bits per heavy atom. The van der Waals surface area contributed by atoms with Crippen molar-refractivity contribution in [2.75, 3.05) is 0 Å². The Morgan fingerprint density at radius 3 is 2.48 bits per heavy atom. The highest BCUT2D eigenvalue weighted by Gasteiger charge is 2.18. The molecule has 0 amide bonds. The molecule has 0 radical (unpaired) electrons. The van der Waals surface area contributed by atoms with Crippen LogP contribution < -0.4 is 0 Å². The summed E-state index contributed by atoms with van der Waals surface area (Å²) in [6.07, 6.45) is 0.555. The molecule has 0 aliphatic heterocycles. The molecule has 4 rings (SSSR count). The predicted octanol–water partition coefficient (Wildman–Crippen LogP) is 3.36. The lowest BCUT2D eigenvalue weighted by Crippen LogP contribution is -1.99. The summed E-state index contributed by atoms with van der Waals surface area (Å²) in [6.45, 7) is 1.85. The second-order valence-electron chi connectivity index (χ2n) is 5.58. The molecule has 4 aromatic rings. The van der Waals surface area contributed by atoms with Crippen LogP contribution in [0.4, 0.5) is 4.39 Å². The van der Waals surface area contributed by atoms with Gasteiger partial charge >= 0.3 is 0 Å². The van der Waals surface area contributed by atoms with Crippen LogP contribution in [0.1, 0.15) is 17.1 Å². The third kappa shape index (κ3) is 3.03. The molecule has 0 aliphatic rings. The molecule has 0 saturated heterocycles. The zero-order valence-electron chi connectivity index (χ0n) is 13.4. The predicted molar refractivity (Wildman–Crippen MR) is 88.6 cm³/mol. The lowest BCUT2D eigenvalue weighted by Gasteiger charge is -2.02. The van der Waals surface area contributed by atoms with Gasteiger partial charge in [-0.1, -0.05) is 35.5 Å². The standard InChI is InChI=1S/C18H14FN5O/c1-12-17(21-23-24(12)15-9-7-14(19)8-10-15)18-22-20-16(25-18)11-13-5-3-2-4-6-13/h2-10H,11H2,1H3. The molecule has 0 fully saturated rings. The number of nitrogens with zero attached hydrogens (tertiary/aromatic N) is 5. The summed E-state index contributed by atoms with van der Waals surface area (Å²) in [6, 6.07) is 15.9. The van der Waals surface area contributed by atoms with Gasteiger partial charge in [-0.2, -0.15) is 0 Å². The van der Waals surface area contributed by atoms with Gasteiger partial charge < -0.3 is 4.42 Å². The molecule has 124 valence electrons. The Bertz CT molecular complexity index is 992. The van der Waals surface area contributed by atoms with E-state index in [-0.39, 0.29) is 5.82 Å². The normalized spacial score (nSPS) is 11.0. The lowest BCUT2D eigenvalue weighted by atomic mass is 10.2. The number of hydrogen-bond donors (Lipinski definition) is 0. The third-order valence-electron chi connectivity index (χ3n) is 3.83. The van der Waals surface area contributed by atoms with E-state index < -0.39 is 0 Å². The summed E-state index contributed by atoms with van der Waals surface area (Å²) in [4.78, 5) is 0. The topological polar surface area (TPSA) is 69.6 Å². The summed E-state index contributed by atoms with van der Waals surface area (Å²) in [5.74, 6) is 0.526. The van der Waals surface area contributed by atoms with Crippen molar-refractivity contribution < 1.29 is 8.81 Å². The summed E-state index contributed by atoms with van der Waals surface area (Å²) >= 11 is 0. The molecular weight excluding hydrogens is 321 g/mol. The lowest BCUT2D eigenvalue weighted by molar-refractivity contribution is 0.516. The molecular formula is C18H14FN5O. The molecule has 0 spiro atoms. The first-order chi connectivity index (χ1) is 12.2. The molecule has 0 atom stereocenters. The van der Waals surface area contributed by atoms with Gasteiger partial charge in [-0.25, -0.2) is 9.07 Å². The number of hydrogen-bond acceptors (Lipinski definition) is 5. The first-order valence-corrected chi connectivity index (χ1v) is 7.75. The highest BCUT2D eigenvalue weighted by atomic mass is 19.1. The van der Waals surface area contributed by atoms with Crippen LogP contribution >= 0.6 is 0 Å². The first-order valence-electron chi connectivity index (χ1n) is 7.75. The van der Waals surface area contributed by atoms with Crippen LogP contribution in [-0.2, 0) is 6.42 Å². The third-order valence-corrected chi connectivity index (χ3v) is 3.83. The SMILES string of the molecule is Cc1c(-c2nnc(Cc3ccccc3)o2)nnn1-c1ccc(F)cc1. The van der Waals surface area contributed by atoms with Crippen molar-refractivity contribution in [2.45, 2.75) is 13.3 Å². The van der Waals surface area contributed by atoms with Gasteiger partial charge in [-0.05, 0) is 36.8 Å². The minimum Gasteiger partial charge on any atom is -0.419 e. The largest absolute Gasteiger partial charge is 0.419 e. The molecule has 0 N–H and O–H groups in total. The zero-order valence-corrected chi connectivity index (χ0v) is 13.4. The maximum Gasteiger partial charge on any atom is 0.270 e. The fourth-order valence-electron chi connectivity index (χ4n) is 2.55. The molecule has 7 heteroatoms. The van der Waals surface area contributed by atoms with E-state index in [4.69, 9.17) is 4.42 Å². The molecule has 2 heterocycles. The maximum atomic E-state index is 13.1. The van der Waals surface area contributed by atoms with Crippen LogP contribution in [0.25, 0.3) is 17.3 Å². The van der Waals surface area contributed by atoms with Crippen LogP contribution in [0.3, 0.4) is 0 Å². The van der Waals surface area contributed by atoms with Crippen LogP contribution in [0.2, 0.25) is 0 Å². The summed E-state index contributed by atoms with van der Waals surface area (Å²) < 4.78 is 20.4. The second-order valence-corrected chi connectivity index (χ2v) is 5.58. The van der Waals surface area contributed by atoms with Crippen LogP contribution in [0.5, 0.6) is 0 Å². The van der Waals surface area contributed by atoms with Gasteiger partial charge in [0.25, 0.3) is 5.89 Å². The average Bonchev–Trinajstić information content (AvgIpc) is 3.23. The van der Waals surface area contributed by atoms with Gasteiger partial charge in [0.2, 0.25) is 5.89 Å². The number of rotatable bonds is 4. The van der Waals surface area contributed by atoms with E-state index in [0.717, 1.165) is 11.3 Å². The van der Waals surface area contributed by atoms with Gasteiger partial charge in [0.1, 0.15) is 5.82 Å². The van der Waals surface area contributed by atoms with Crippen LogP contribution in [0, 0.1) is 12.7 Å². The Morgan fingerprint density at radius 2 is 1.72 bits per heavy atom. The van der Waals surface area contributed by atoms with Crippen molar-refractivity contribution >= 4 is 0 Å². The molecule has 0 bridgehead atoms. The van der Waals surface area contributed by atoms with Gasteiger partial charge in [-0.3, -0.25) is 0 Å². The van der Waals surface area contributed by atoms with Crippen LogP contribution in [-0.4, -0.2) is 25.2 Å². The molecule has 2 aromatic carbocycles. The van der Waals surface area contributed by atoms with Gasteiger partial charge in [0.15, 0.2) is 5.69 Å². The Hall–Kier alpha value is -3.35. The second kappa shape index (κ2) is 6.27. The van der Waals surface area contributed by atoms with Gasteiger partial charge in [-0.15, -0.1) is 15.3 Å². The van der Waals surface area contributed by atoms with E-state index in [1.807, 2.05) is 37.3 Å². The van der Waals surface area contributed by atoms with Crippen molar-refractivity contribution in [1.29, 1.82) is 0 Å². The van der Waals surface area contributed by atoms with Gasteiger partial charge in [0.05, 0.1) is 17.8 Å². The van der Waals surface area contributed by atoms with Crippen molar-refractivity contribution in [1.82, 2.24) is 25.2 Å². The smallest absolute Gasteiger partial charge is 0.270 e. The van der Waals surface area contributed by atoms with E-state index in [0.29, 0.717) is 29.6 Å². The van der Waals surface area contributed by atoms with Gasteiger partial charge in [0, 0.05) is 0 Å². The number of halogens is 1. The zero-order chi connectivity index (χ0) is 17.2. The fraction of sp³-hybridized carbons (Fsp3) is 0.111. The molecule has 6 nitrogen and oxygen atoms in total. The Labute approximate surface area is 142 Å². The molecule has 2 aromatic heterocycles. The Kier molecular flexibility index (Phi) is 3.81. The summed E-state index contributed by atoms with van der Waals surface area (Å²) in [5, 5.41) is 16.4. The minimum absolute atomic E-state index is 0.302.